The summed E-state index contributed by atoms with van der Waals surface area (Å²) in [5.74, 6) is 0.0467. The number of unbranched alkanes of at least 4 members (excludes halogenated alkanes) is 1. The van der Waals surface area contributed by atoms with Gasteiger partial charge in [0, 0.05) is 44.1 Å². The molecule has 1 saturated heterocycles. The molecule has 2 rings (SSSR count). The molecule has 1 fully saturated rings. The highest BCUT2D eigenvalue weighted by Gasteiger charge is 2.33. The van der Waals surface area contributed by atoms with Gasteiger partial charge in [-0.1, -0.05) is 43.7 Å². The van der Waals surface area contributed by atoms with Gasteiger partial charge in [0.1, 0.15) is 6.04 Å². The van der Waals surface area contributed by atoms with Crippen LogP contribution in [0, 0.1) is 0 Å². The lowest BCUT2D eigenvalue weighted by Gasteiger charge is -2.41. The lowest BCUT2D eigenvalue weighted by atomic mass is 10.0. The smallest absolute Gasteiger partial charge is 0.315 e. The predicted molar refractivity (Wildman–Crippen MR) is 123 cm³/mol. The lowest BCUT2D eigenvalue weighted by Crippen LogP contribution is -2.60. The Kier molecular flexibility index (Phi) is 8.89. The van der Waals surface area contributed by atoms with Gasteiger partial charge in [0.15, 0.2) is 0 Å². The van der Waals surface area contributed by atoms with Crippen molar-refractivity contribution in [2.75, 3.05) is 19.6 Å². The van der Waals surface area contributed by atoms with Crippen molar-refractivity contribution in [3.05, 3.63) is 35.9 Å². The monoisotopic (exact) mass is 430 g/mol. The van der Waals surface area contributed by atoms with Crippen molar-refractivity contribution in [1.82, 2.24) is 20.4 Å². The Morgan fingerprint density at radius 3 is 2.39 bits per heavy atom. The van der Waals surface area contributed by atoms with Gasteiger partial charge in [-0.3, -0.25) is 9.59 Å². The van der Waals surface area contributed by atoms with Gasteiger partial charge < -0.3 is 20.4 Å². The van der Waals surface area contributed by atoms with Gasteiger partial charge in [-0.05, 0) is 39.7 Å². The molecule has 31 heavy (non-hydrogen) atoms. The molecule has 0 spiro atoms. The molecule has 0 bridgehead atoms. The highest BCUT2D eigenvalue weighted by Crippen LogP contribution is 2.15. The maximum Gasteiger partial charge on any atom is 0.315 e. The number of nitrogens with one attached hydrogen (secondary N) is 2. The predicted octanol–water partition coefficient (Wildman–Crippen LogP) is 2.94. The van der Waals surface area contributed by atoms with E-state index in [1.165, 1.54) is 0 Å². The Labute approximate surface area is 186 Å². The zero-order valence-electron chi connectivity index (χ0n) is 19.6. The minimum atomic E-state index is -0.667. The summed E-state index contributed by atoms with van der Waals surface area (Å²) < 4.78 is 0. The highest BCUT2D eigenvalue weighted by molar-refractivity contribution is 5.88. The molecule has 1 aliphatic rings. The molecule has 0 aliphatic carbocycles. The van der Waals surface area contributed by atoms with E-state index in [0.717, 1.165) is 18.4 Å². The zero-order valence-corrected chi connectivity index (χ0v) is 19.6. The van der Waals surface area contributed by atoms with E-state index in [4.69, 9.17) is 0 Å². The summed E-state index contributed by atoms with van der Waals surface area (Å²) in [6.07, 6.45) is 2.85. The van der Waals surface area contributed by atoms with Gasteiger partial charge in [0.05, 0.1) is 0 Å². The average molecular weight is 431 g/mol. The van der Waals surface area contributed by atoms with Crippen LogP contribution < -0.4 is 10.6 Å². The SMILES string of the molecule is CCCCC(=O)N1CCN(C(=O)[C@@H](Cc2ccccc2)NC(=O)NC(C)(C)C)C[C@H]1C. The van der Waals surface area contributed by atoms with E-state index in [9.17, 15) is 14.4 Å². The Bertz CT molecular complexity index is 745. The molecular weight excluding hydrogens is 392 g/mol. The molecule has 0 radical (unpaired) electrons. The maximum atomic E-state index is 13.4. The quantitative estimate of drug-likeness (QED) is 0.698. The van der Waals surface area contributed by atoms with E-state index in [2.05, 4.69) is 17.6 Å². The van der Waals surface area contributed by atoms with Crippen molar-refractivity contribution >= 4 is 17.8 Å². The maximum absolute atomic E-state index is 13.4. The molecule has 172 valence electrons. The fourth-order valence-electron chi connectivity index (χ4n) is 3.81. The lowest BCUT2D eigenvalue weighted by molar-refractivity contribution is -0.143. The second-order valence-corrected chi connectivity index (χ2v) is 9.41. The molecule has 2 N–H and O–H groups in total. The van der Waals surface area contributed by atoms with Gasteiger partial charge in [-0.2, -0.15) is 0 Å². The third-order valence-corrected chi connectivity index (χ3v) is 5.38. The first kappa shape index (κ1) is 24.7. The number of hydrogen-bond acceptors (Lipinski definition) is 3. The summed E-state index contributed by atoms with van der Waals surface area (Å²) >= 11 is 0. The summed E-state index contributed by atoms with van der Waals surface area (Å²) in [6, 6.07) is 8.62. The minimum Gasteiger partial charge on any atom is -0.337 e. The Hall–Kier alpha value is -2.57. The van der Waals surface area contributed by atoms with Crippen LogP contribution in [-0.4, -0.2) is 64.9 Å². The van der Waals surface area contributed by atoms with Crippen molar-refractivity contribution in [3.63, 3.8) is 0 Å². The van der Waals surface area contributed by atoms with Gasteiger partial charge >= 0.3 is 6.03 Å². The second-order valence-electron chi connectivity index (χ2n) is 9.41. The summed E-state index contributed by atoms with van der Waals surface area (Å²) in [6.45, 7) is 11.2. The molecule has 2 atom stereocenters. The van der Waals surface area contributed by atoms with E-state index in [1.54, 1.807) is 4.90 Å². The van der Waals surface area contributed by atoms with Crippen molar-refractivity contribution < 1.29 is 14.4 Å². The summed E-state index contributed by atoms with van der Waals surface area (Å²) in [5.41, 5.74) is 0.585. The largest absolute Gasteiger partial charge is 0.337 e. The molecule has 0 aromatic heterocycles. The van der Waals surface area contributed by atoms with Crippen molar-refractivity contribution in [3.8, 4) is 0 Å². The van der Waals surface area contributed by atoms with Crippen LogP contribution in [0.15, 0.2) is 30.3 Å². The fourth-order valence-corrected chi connectivity index (χ4v) is 3.81. The fraction of sp³-hybridized carbons (Fsp3) is 0.625. The number of rotatable bonds is 7. The third kappa shape index (κ3) is 7.89. The van der Waals surface area contributed by atoms with E-state index >= 15 is 0 Å². The van der Waals surface area contributed by atoms with Gasteiger partial charge in [-0.25, -0.2) is 4.79 Å². The molecule has 1 heterocycles. The third-order valence-electron chi connectivity index (χ3n) is 5.38. The van der Waals surface area contributed by atoms with Crippen LogP contribution in [0.1, 0.15) is 59.4 Å². The van der Waals surface area contributed by atoms with Gasteiger partial charge in [-0.15, -0.1) is 0 Å². The Balaban J connectivity index is 2.08. The molecule has 1 aliphatic heterocycles. The number of piperazine rings is 1. The summed E-state index contributed by atoms with van der Waals surface area (Å²) in [5, 5.41) is 5.74. The van der Waals surface area contributed by atoms with Crippen LogP contribution in [0.2, 0.25) is 0 Å². The zero-order chi connectivity index (χ0) is 23.0. The number of hydrogen-bond donors (Lipinski definition) is 2. The van der Waals surface area contributed by atoms with Crippen LogP contribution in [0.3, 0.4) is 0 Å². The van der Waals surface area contributed by atoms with Gasteiger partial charge in [0.2, 0.25) is 11.8 Å². The van der Waals surface area contributed by atoms with Crippen molar-refractivity contribution in [2.45, 2.75) is 77.9 Å². The summed E-state index contributed by atoms with van der Waals surface area (Å²) in [4.78, 5) is 42.0. The topological polar surface area (TPSA) is 81.8 Å². The first-order chi connectivity index (χ1) is 14.6. The van der Waals surface area contributed by atoms with Crippen molar-refractivity contribution in [2.24, 2.45) is 0 Å². The van der Waals surface area contributed by atoms with E-state index in [1.807, 2.05) is 62.9 Å². The average Bonchev–Trinajstić information content (AvgIpc) is 2.70. The molecule has 0 unspecified atom stereocenters. The first-order valence-corrected chi connectivity index (χ1v) is 11.3. The normalized spacial score (nSPS) is 17.8. The summed E-state index contributed by atoms with van der Waals surface area (Å²) in [7, 11) is 0. The molecule has 4 amide bonds. The van der Waals surface area contributed by atoms with Gasteiger partial charge in [0.25, 0.3) is 0 Å². The number of amides is 4. The number of carbonyl (C=O) groups excluding carboxylic acids is 3. The second kappa shape index (κ2) is 11.2. The van der Waals surface area contributed by atoms with Crippen LogP contribution in [0.4, 0.5) is 4.79 Å². The number of carbonyl (C=O) groups is 3. The number of benzene rings is 1. The Morgan fingerprint density at radius 1 is 1.13 bits per heavy atom. The molecule has 7 heteroatoms. The minimum absolute atomic E-state index is 0.0390. The van der Waals surface area contributed by atoms with E-state index in [0.29, 0.717) is 32.5 Å². The highest BCUT2D eigenvalue weighted by atomic mass is 16.2. The first-order valence-electron chi connectivity index (χ1n) is 11.3. The van der Waals surface area contributed by atoms with E-state index < -0.39 is 11.6 Å². The standard InChI is InChI=1S/C24H38N4O3/c1-6-7-13-21(29)28-15-14-27(17-18(28)2)22(30)20(16-19-11-9-8-10-12-19)25-23(31)26-24(3,4)5/h8-12,18,20H,6-7,13-17H2,1-5H3,(H2,25,26,31)/t18-,20-/m1/s1. The van der Waals surface area contributed by atoms with Crippen molar-refractivity contribution in [1.29, 1.82) is 0 Å². The molecule has 7 nitrogen and oxygen atoms in total. The Morgan fingerprint density at radius 2 is 1.81 bits per heavy atom. The number of nitrogens with zero attached hydrogens (tertiary/aromatic N) is 2. The van der Waals surface area contributed by atoms with Crippen LogP contribution in [0.5, 0.6) is 0 Å². The molecule has 1 aromatic rings. The van der Waals surface area contributed by atoms with Crippen LogP contribution in [-0.2, 0) is 16.0 Å². The molecule has 0 saturated carbocycles. The van der Waals surface area contributed by atoms with Crippen LogP contribution >= 0.6 is 0 Å². The molecular formula is C24H38N4O3. The number of urea groups is 1. The molecule has 1 aromatic carbocycles. The van der Waals surface area contributed by atoms with Crippen LogP contribution in [0.25, 0.3) is 0 Å². The van der Waals surface area contributed by atoms with E-state index in [-0.39, 0.29) is 23.9 Å².